The second-order valence-electron chi connectivity index (χ2n) is 4.49. The maximum Gasteiger partial charge on any atom is 0.567 e. The van der Waals surface area contributed by atoms with Crippen molar-refractivity contribution >= 4 is 28.2 Å². The first kappa shape index (κ1) is 15.1. The highest BCUT2D eigenvalue weighted by Gasteiger charge is 2.23. The van der Waals surface area contributed by atoms with Crippen molar-refractivity contribution in [1.82, 2.24) is 0 Å². The normalized spacial score (nSPS) is 14.1. The van der Waals surface area contributed by atoms with Gasteiger partial charge < -0.3 is 9.59 Å². The number of rotatable bonds is 8. The molecule has 0 fully saturated rings. The molecular formula is C12H22MgO2. The summed E-state index contributed by atoms with van der Waals surface area (Å²) >= 11 is -1.15. The van der Waals surface area contributed by atoms with Gasteiger partial charge in [-0.1, -0.05) is 40.5 Å². The molecule has 84 valence electrons. The fraction of sp³-hybridized carbons (Fsp3) is 0.833. The number of carbonyl (C=O) groups excluding carboxylic acids is 2. The van der Waals surface area contributed by atoms with Crippen molar-refractivity contribution in [2.75, 3.05) is 0 Å². The van der Waals surface area contributed by atoms with Crippen molar-refractivity contribution in [2.24, 2.45) is 11.8 Å². The molecule has 0 spiro atoms. The molecule has 0 aliphatic heterocycles. The minimum absolute atomic E-state index is 0.111. The Labute approximate surface area is 103 Å². The van der Waals surface area contributed by atoms with Gasteiger partial charge in [0.15, 0.2) is 0 Å². The van der Waals surface area contributed by atoms with E-state index in [0.29, 0.717) is 0 Å². The number of hydrogen-bond acceptors (Lipinski definition) is 2. The highest BCUT2D eigenvalue weighted by atomic mass is 24.5. The van der Waals surface area contributed by atoms with Gasteiger partial charge in [-0.3, -0.25) is 0 Å². The van der Waals surface area contributed by atoms with Crippen LogP contribution in [0.25, 0.3) is 0 Å². The lowest BCUT2D eigenvalue weighted by atomic mass is 10.1. The Morgan fingerprint density at radius 3 is 1.53 bits per heavy atom. The summed E-state index contributed by atoms with van der Waals surface area (Å²) in [6, 6.07) is 0. The van der Waals surface area contributed by atoms with Gasteiger partial charge >= 0.3 is 20.4 Å². The van der Waals surface area contributed by atoms with Crippen molar-refractivity contribution in [3.05, 3.63) is 0 Å². The fourth-order valence-electron chi connectivity index (χ4n) is 1.71. The number of hydrogen-bond donors (Lipinski definition) is 0. The molecule has 0 aromatic carbocycles. The van der Waals surface area contributed by atoms with Gasteiger partial charge in [0.1, 0.15) is 0 Å². The number of carbonyl (C=O) groups is 2. The van der Waals surface area contributed by atoms with Gasteiger partial charge in [0.25, 0.3) is 0 Å². The molecule has 0 rings (SSSR count). The molecule has 3 heteroatoms. The van der Waals surface area contributed by atoms with E-state index in [9.17, 15) is 9.59 Å². The molecule has 0 aliphatic carbocycles. The molecule has 0 saturated carbocycles. The topological polar surface area (TPSA) is 34.1 Å². The zero-order valence-corrected chi connectivity index (χ0v) is 11.9. The van der Waals surface area contributed by atoms with E-state index in [-0.39, 0.29) is 19.7 Å². The zero-order chi connectivity index (χ0) is 11.8. The van der Waals surface area contributed by atoms with E-state index < -0.39 is 20.4 Å². The van der Waals surface area contributed by atoms with Crippen LogP contribution in [0.15, 0.2) is 0 Å². The lowest BCUT2D eigenvalue weighted by Gasteiger charge is -2.11. The third-order valence-electron chi connectivity index (χ3n) is 2.89. The molecule has 0 aromatic rings. The average molecular weight is 223 g/mol. The van der Waals surface area contributed by atoms with Gasteiger partial charge in [0, 0.05) is 7.83 Å². The molecule has 0 heterocycles. The summed E-state index contributed by atoms with van der Waals surface area (Å²) in [5, 5.41) is 0. The first-order valence-electron chi connectivity index (χ1n) is 6.08. The Kier molecular flexibility index (Phi) is 8.34. The smallest absolute Gasteiger partial charge is 0.335 e. The highest BCUT2D eigenvalue weighted by Crippen LogP contribution is 2.09. The van der Waals surface area contributed by atoms with Gasteiger partial charge in [-0.25, -0.2) is 0 Å². The first-order valence-corrected chi connectivity index (χ1v) is 7.49. The second-order valence-corrected chi connectivity index (χ2v) is 6.24. The third-order valence-corrected chi connectivity index (χ3v) is 4.98. The van der Waals surface area contributed by atoms with Crippen molar-refractivity contribution in [3.8, 4) is 0 Å². The molecular weight excluding hydrogens is 200 g/mol. The Bertz CT molecular complexity index is 192. The fourth-order valence-corrected chi connectivity index (χ4v) is 3.16. The second kappa shape index (κ2) is 8.28. The van der Waals surface area contributed by atoms with Crippen molar-refractivity contribution < 1.29 is 9.59 Å². The quantitative estimate of drug-likeness (QED) is 0.592. The maximum atomic E-state index is 11.7. The largest absolute Gasteiger partial charge is 0.567 e. The van der Waals surface area contributed by atoms with E-state index in [4.69, 9.17) is 0 Å². The van der Waals surface area contributed by atoms with Crippen LogP contribution in [0.5, 0.6) is 0 Å². The van der Waals surface area contributed by atoms with Crippen LogP contribution in [0.4, 0.5) is 0 Å². The molecule has 0 radical (unpaired) electrons. The van der Waals surface area contributed by atoms with E-state index in [1.54, 1.807) is 0 Å². The molecule has 0 aliphatic rings. The van der Waals surface area contributed by atoms with Crippen molar-refractivity contribution in [1.29, 1.82) is 0 Å². The van der Waals surface area contributed by atoms with E-state index in [2.05, 4.69) is 13.8 Å². The van der Waals surface area contributed by atoms with Gasteiger partial charge in [0.2, 0.25) is 0 Å². The Morgan fingerprint density at radius 2 is 1.27 bits per heavy atom. The van der Waals surface area contributed by atoms with Crippen LogP contribution in [0.2, 0.25) is 0 Å². The summed E-state index contributed by atoms with van der Waals surface area (Å²) < 4.78 is 0.509. The monoisotopic (exact) mass is 222 g/mol. The van der Waals surface area contributed by atoms with Crippen LogP contribution in [0.1, 0.15) is 53.4 Å². The van der Waals surface area contributed by atoms with Crippen LogP contribution in [-0.4, -0.2) is 28.2 Å². The molecule has 15 heavy (non-hydrogen) atoms. The SMILES string of the molecule is CCCC(C)[C](=O)[Mg][C](=O)C(C)CCC. The molecule has 0 N–H and O–H groups in total. The lowest BCUT2D eigenvalue weighted by Crippen LogP contribution is -2.29. The maximum absolute atomic E-state index is 11.7. The van der Waals surface area contributed by atoms with Crippen LogP contribution in [-0.2, 0) is 9.59 Å². The average Bonchev–Trinajstić information content (AvgIpc) is 2.18. The van der Waals surface area contributed by atoms with E-state index >= 15 is 0 Å². The van der Waals surface area contributed by atoms with Gasteiger partial charge in [-0.05, 0) is 24.7 Å². The molecule has 2 unspecified atom stereocenters. The van der Waals surface area contributed by atoms with E-state index in [1.807, 2.05) is 13.8 Å². The molecule has 2 nitrogen and oxygen atoms in total. The molecule has 0 amide bonds. The van der Waals surface area contributed by atoms with E-state index in [1.165, 1.54) is 0 Å². The first-order chi connectivity index (χ1) is 7.02. The van der Waals surface area contributed by atoms with E-state index in [0.717, 1.165) is 25.7 Å². The predicted octanol–water partition coefficient (Wildman–Crippen LogP) is 2.62. The minimum atomic E-state index is -1.15. The standard InChI is InChI=1S/2C6H11O.Mg/c2*1-3-4-6(2)5-7;/h2*6H,3-4H2,1-2H3;. The predicted molar refractivity (Wildman–Crippen MR) is 63.9 cm³/mol. The molecule has 0 bridgehead atoms. The molecule has 2 atom stereocenters. The zero-order valence-electron chi connectivity index (χ0n) is 10.5. The van der Waals surface area contributed by atoms with Crippen LogP contribution in [0.3, 0.4) is 0 Å². The van der Waals surface area contributed by atoms with Crippen LogP contribution in [0, 0.1) is 11.8 Å². The molecule has 0 saturated heterocycles. The Balaban J connectivity index is 4.00. The summed E-state index contributed by atoms with van der Waals surface area (Å²) in [5.41, 5.74) is 0. The van der Waals surface area contributed by atoms with Crippen LogP contribution >= 0.6 is 0 Å². The summed E-state index contributed by atoms with van der Waals surface area (Å²) in [7, 11) is 0. The minimum Gasteiger partial charge on any atom is -0.335 e. The van der Waals surface area contributed by atoms with Crippen molar-refractivity contribution in [2.45, 2.75) is 53.4 Å². The highest BCUT2D eigenvalue weighted by molar-refractivity contribution is 6.97. The van der Waals surface area contributed by atoms with Gasteiger partial charge in [-0.15, -0.1) is 0 Å². The third kappa shape index (κ3) is 6.31. The summed E-state index contributed by atoms with van der Waals surface area (Å²) in [6.07, 6.45) is 3.92. The Morgan fingerprint density at radius 1 is 0.933 bits per heavy atom. The summed E-state index contributed by atoms with van der Waals surface area (Å²) in [5.74, 6) is 0.221. The Hall–Kier alpha value is 0.106. The van der Waals surface area contributed by atoms with Crippen LogP contribution < -0.4 is 0 Å². The summed E-state index contributed by atoms with van der Waals surface area (Å²) in [6.45, 7) is 8.06. The van der Waals surface area contributed by atoms with Crippen molar-refractivity contribution in [3.63, 3.8) is 0 Å². The molecule has 0 aromatic heterocycles. The van der Waals surface area contributed by atoms with Gasteiger partial charge in [0.05, 0.1) is 0 Å². The summed E-state index contributed by atoms with van der Waals surface area (Å²) in [4.78, 5) is 23.4. The van der Waals surface area contributed by atoms with Gasteiger partial charge in [-0.2, -0.15) is 0 Å². The lowest BCUT2D eigenvalue weighted by molar-refractivity contribution is -0.118.